The molecular formula is C14H17F3O2. The number of alkyl halides is 3. The molecule has 0 bridgehead atoms. The fraction of sp³-hybridized carbons (Fsp3) is 0.500. The molecule has 106 valence electrons. The molecule has 2 nitrogen and oxygen atoms in total. The summed E-state index contributed by atoms with van der Waals surface area (Å²) in [5.41, 5.74) is 1.90. The maximum atomic E-state index is 12.0. The Morgan fingerprint density at radius 1 is 1.26 bits per heavy atom. The van der Waals surface area contributed by atoms with Crippen molar-refractivity contribution < 1.29 is 23.1 Å². The second kappa shape index (κ2) is 6.59. The summed E-state index contributed by atoms with van der Waals surface area (Å²) in [5.74, 6) is -1.80. The number of hydrogen-bond donors (Lipinski definition) is 1. The Bertz CT molecular complexity index is 410. The number of carbonyl (C=O) groups is 1. The van der Waals surface area contributed by atoms with Crippen LogP contribution in [0.15, 0.2) is 24.3 Å². The highest BCUT2D eigenvalue weighted by Crippen LogP contribution is 2.25. The van der Waals surface area contributed by atoms with Crippen molar-refractivity contribution in [2.75, 3.05) is 0 Å². The van der Waals surface area contributed by atoms with Crippen molar-refractivity contribution >= 4 is 5.97 Å². The largest absolute Gasteiger partial charge is 0.481 e. The van der Waals surface area contributed by atoms with Crippen molar-refractivity contribution in [1.82, 2.24) is 0 Å². The van der Waals surface area contributed by atoms with Gasteiger partial charge in [-0.05, 0) is 31.7 Å². The highest BCUT2D eigenvalue weighted by Gasteiger charge is 2.27. The molecule has 0 aliphatic carbocycles. The molecular weight excluding hydrogens is 257 g/mol. The smallest absolute Gasteiger partial charge is 0.389 e. The minimum atomic E-state index is -4.22. The molecule has 0 heterocycles. The van der Waals surface area contributed by atoms with Crippen molar-refractivity contribution in [2.45, 2.75) is 38.8 Å². The standard InChI is InChI=1S/C14H17F3O2/c1-10-4-6-11(7-5-10)9-12(13(18)19)3-2-8-14(15,16)17/h4-7,12H,2-3,8-9H2,1H3,(H,18,19). The highest BCUT2D eigenvalue weighted by atomic mass is 19.4. The summed E-state index contributed by atoms with van der Waals surface area (Å²) in [4.78, 5) is 11.0. The number of hydrogen-bond acceptors (Lipinski definition) is 1. The van der Waals surface area contributed by atoms with E-state index in [-0.39, 0.29) is 19.3 Å². The van der Waals surface area contributed by atoms with E-state index in [0.717, 1.165) is 11.1 Å². The lowest BCUT2D eigenvalue weighted by atomic mass is 9.94. The van der Waals surface area contributed by atoms with Crippen molar-refractivity contribution in [3.63, 3.8) is 0 Å². The van der Waals surface area contributed by atoms with E-state index in [1.807, 2.05) is 31.2 Å². The fourth-order valence-corrected chi connectivity index (χ4v) is 1.87. The lowest BCUT2D eigenvalue weighted by Gasteiger charge is -2.13. The van der Waals surface area contributed by atoms with Crippen LogP contribution < -0.4 is 0 Å². The Hall–Kier alpha value is -1.52. The first-order chi connectivity index (χ1) is 8.78. The van der Waals surface area contributed by atoms with Gasteiger partial charge in [-0.2, -0.15) is 13.2 Å². The van der Waals surface area contributed by atoms with Crippen molar-refractivity contribution in [1.29, 1.82) is 0 Å². The number of carboxylic acids is 1. The number of carboxylic acid groups (broad SMARTS) is 1. The third-order valence-electron chi connectivity index (χ3n) is 2.96. The van der Waals surface area contributed by atoms with Gasteiger partial charge in [0.2, 0.25) is 0 Å². The molecule has 0 aromatic heterocycles. The van der Waals surface area contributed by atoms with Crippen LogP contribution in [0.5, 0.6) is 0 Å². The van der Waals surface area contributed by atoms with Gasteiger partial charge in [0.1, 0.15) is 0 Å². The second-order valence-electron chi connectivity index (χ2n) is 4.73. The molecule has 1 aromatic carbocycles. The van der Waals surface area contributed by atoms with Gasteiger partial charge in [0.05, 0.1) is 5.92 Å². The summed E-state index contributed by atoms with van der Waals surface area (Å²) in [5, 5.41) is 9.04. The van der Waals surface area contributed by atoms with Gasteiger partial charge in [-0.3, -0.25) is 4.79 Å². The minimum Gasteiger partial charge on any atom is -0.481 e. The summed E-state index contributed by atoms with van der Waals surface area (Å²) >= 11 is 0. The van der Waals surface area contributed by atoms with Gasteiger partial charge >= 0.3 is 12.1 Å². The maximum Gasteiger partial charge on any atom is 0.389 e. The van der Waals surface area contributed by atoms with Gasteiger partial charge in [-0.1, -0.05) is 29.8 Å². The normalized spacial score (nSPS) is 13.3. The Kier molecular flexibility index (Phi) is 5.39. The Labute approximate surface area is 110 Å². The van der Waals surface area contributed by atoms with Crippen molar-refractivity contribution in [2.24, 2.45) is 5.92 Å². The molecule has 0 saturated carbocycles. The van der Waals surface area contributed by atoms with Gasteiger partial charge in [0.25, 0.3) is 0 Å². The monoisotopic (exact) mass is 274 g/mol. The van der Waals surface area contributed by atoms with Gasteiger partial charge < -0.3 is 5.11 Å². The summed E-state index contributed by atoms with van der Waals surface area (Å²) in [6, 6.07) is 7.36. The molecule has 0 saturated heterocycles. The SMILES string of the molecule is Cc1ccc(CC(CCCC(F)(F)F)C(=O)O)cc1. The maximum absolute atomic E-state index is 12.0. The lowest BCUT2D eigenvalue weighted by Crippen LogP contribution is -2.18. The summed E-state index contributed by atoms with van der Waals surface area (Å²) in [7, 11) is 0. The molecule has 5 heteroatoms. The zero-order valence-electron chi connectivity index (χ0n) is 10.7. The number of aliphatic carboxylic acids is 1. The average molecular weight is 274 g/mol. The van der Waals surface area contributed by atoms with Crippen LogP contribution in [0.25, 0.3) is 0 Å². The first-order valence-corrected chi connectivity index (χ1v) is 6.13. The van der Waals surface area contributed by atoms with Crippen molar-refractivity contribution in [3.8, 4) is 0 Å². The second-order valence-corrected chi connectivity index (χ2v) is 4.73. The molecule has 1 aromatic rings. The van der Waals surface area contributed by atoms with Gasteiger partial charge in [0, 0.05) is 6.42 Å². The fourth-order valence-electron chi connectivity index (χ4n) is 1.87. The zero-order chi connectivity index (χ0) is 14.5. The third-order valence-corrected chi connectivity index (χ3v) is 2.96. The van der Waals surface area contributed by atoms with E-state index in [2.05, 4.69) is 0 Å². The Morgan fingerprint density at radius 2 is 1.84 bits per heavy atom. The van der Waals surface area contributed by atoms with E-state index in [4.69, 9.17) is 5.11 Å². The number of aryl methyl sites for hydroxylation is 1. The van der Waals surface area contributed by atoms with Gasteiger partial charge in [0.15, 0.2) is 0 Å². The molecule has 0 aliphatic heterocycles. The van der Waals surface area contributed by atoms with Crippen LogP contribution >= 0.6 is 0 Å². The van der Waals surface area contributed by atoms with Crippen LogP contribution in [0, 0.1) is 12.8 Å². The zero-order valence-corrected chi connectivity index (χ0v) is 10.7. The molecule has 1 unspecified atom stereocenters. The molecule has 1 N–H and O–H groups in total. The highest BCUT2D eigenvalue weighted by molar-refractivity contribution is 5.70. The van der Waals surface area contributed by atoms with Gasteiger partial charge in [-0.15, -0.1) is 0 Å². The molecule has 0 fully saturated rings. The number of rotatable bonds is 6. The van der Waals surface area contributed by atoms with Crippen LogP contribution in [0.4, 0.5) is 13.2 Å². The van der Waals surface area contributed by atoms with Crippen molar-refractivity contribution in [3.05, 3.63) is 35.4 Å². The molecule has 1 rings (SSSR count). The lowest BCUT2D eigenvalue weighted by molar-refractivity contribution is -0.145. The Balaban J connectivity index is 2.53. The molecule has 19 heavy (non-hydrogen) atoms. The van der Waals surface area contributed by atoms with Crippen LogP contribution in [0.2, 0.25) is 0 Å². The minimum absolute atomic E-state index is 0.0444. The quantitative estimate of drug-likeness (QED) is 0.852. The van der Waals surface area contributed by atoms with E-state index in [1.165, 1.54) is 0 Å². The topological polar surface area (TPSA) is 37.3 Å². The van der Waals surface area contributed by atoms with Crippen LogP contribution in [-0.2, 0) is 11.2 Å². The van der Waals surface area contributed by atoms with E-state index in [1.54, 1.807) is 0 Å². The molecule has 0 radical (unpaired) electrons. The molecule has 0 spiro atoms. The third kappa shape index (κ3) is 6.27. The predicted molar refractivity (Wildman–Crippen MR) is 65.9 cm³/mol. The van der Waals surface area contributed by atoms with E-state index in [9.17, 15) is 18.0 Å². The first kappa shape index (κ1) is 15.5. The summed E-state index contributed by atoms with van der Waals surface area (Å²) in [6.07, 6.45) is -4.97. The van der Waals surface area contributed by atoms with E-state index in [0.29, 0.717) is 0 Å². The van der Waals surface area contributed by atoms with Crippen LogP contribution in [0.3, 0.4) is 0 Å². The van der Waals surface area contributed by atoms with E-state index >= 15 is 0 Å². The average Bonchev–Trinajstić information content (AvgIpc) is 2.28. The van der Waals surface area contributed by atoms with Crippen LogP contribution in [-0.4, -0.2) is 17.3 Å². The number of halogens is 3. The first-order valence-electron chi connectivity index (χ1n) is 6.13. The predicted octanol–water partition coefficient (Wildman–Crippen LogP) is 3.97. The Morgan fingerprint density at radius 3 is 2.32 bits per heavy atom. The summed E-state index contributed by atoms with van der Waals surface area (Å²) in [6.45, 7) is 1.92. The van der Waals surface area contributed by atoms with Crippen LogP contribution in [0.1, 0.15) is 30.4 Å². The van der Waals surface area contributed by atoms with E-state index < -0.39 is 24.5 Å². The molecule has 1 atom stereocenters. The molecule has 0 amide bonds. The van der Waals surface area contributed by atoms with Gasteiger partial charge in [-0.25, -0.2) is 0 Å². The summed E-state index contributed by atoms with van der Waals surface area (Å²) < 4.78 is 36.1. The molecule has 0 aliphatic rings. The number of benzene rings is 1.